The van der Waals surface area contributed by atoms with Crippen LogP contribution in [0, 0.1) is 13.8 Å². The first-order valence-corrected chi connectivity index (χ1v) is 11.8. The van der Waals surface area contributed by atoms with E-state index >= 15 is 0 Å². The van der Waals surface area contributed by atoms with Gasteiger partial charge in [-0.3, -0.25) is 4.79 Å². The van der Waals surface area contributed by atoms with Gasteiger partial charge in [0, 0.05) is 49.1 Å². The van der Waals surface area contributed by atoms with Crippen molar-refractivity contribution in [1.82, 2.24) is 19.6 Å². The summed E-state index contributed by atoms with van der Waals surface area (Å²) in [5.74, 6) is 0.398. The molecule has 0 bridgehead atoms. The first-order chi connectivity index (χ1) is 16.9. The molecule has 4 aromatic rings. The standard InChI is InChI=1S/C27H30N6O2/c1-18-6-5-7-19(2)24(18)23-16-20-17-28-27(30-25(20)33(35-4)26(23)34)29-21-8-10-22(11-9-21)32-14-12-31(3)13-15-32/h5-11,16-17H,12-15H2,1-4H3,(H,28,29,30). The summed E-state index contributed by atoms with van der Waals surface area (Å²) in [7, 11) is 3.63. The number of pyridine rings is 1. The number of likely N-dealkylation sites (N-methyl/N-ethyl adjacent to an activating group) is 1. The second-order valence-electron chi connectivity index (χ2n) is 9.04. The molecule has 1 aliphatic heterocycles. The fourth-order valence-corrected chi connectivity index (χ4v) is 4.67. The molecule has 8 nitrogen and oxygen atoms in total. The summed E-state index contributed by atoms with van der Waals surface area (Å²) >= 11 is 0. The van der Waals surface area contributed by atoms with Crippen LogP contribution >= 0.6 is 0 Å². The van der Waals surface area contributed by atoms with Crippen molar-refractivity contribution in [2.75, 3.05) is 50.6 Å². The third-order valence-corrected chi connectivity index (χ3v) is 6.63. The van der Waals surface area contributed by atoms with Gasteiger partial charge >= 0.3 is 0 Å². The fraction of sp³-hybridized carbons (Fsp3) is 0.296. The van der Waals surface area contributed by atoms with Gasteiger partial charge in [-0.1, -0.05) is 18.2 Å². The topological polar surface area (TPSA) is 75.5 Å². The van der Waals surface area contributed by atoms with Gasteiger partial charge in [0.2, 0.25) is 5.95 Å². The normalized spacial score (nSPS) is 14.3. The summed E-state index contributed by atoms with van der Waals surface area (Å²) in [4.78, 5) is 32.7. The van der Waals surface area contributed by atoms with Crippen LogP contribution in [0.15, 0.2) is 59.5 Å². The van der Waals surface area contributed by atoms with E-state index in [1.807, 2.05) is 50.2 Å². The highest BCUT2D eigenvalue weighted by molar-refractivity contribution is 5.83. The monoisotopic (exact) mass is 470 g/mol. The zero-order valence-corrected chi connectivity index (χ0v) is 20.6. The van der Waals surface area contributed by atoms with Crippen LogP contribution in [0.1, 0.15) is 11.1 Å². The predicted molar refractivity (Wildman–Crippen MR) is 141 cm³/mol. The fourth-order valence-electron chi connectivity index (χ4n) is 4.67. The second kappa shape index (κ2) is 9.38. The third-order valence-electron chi connectivity index (χ3n) is 6.63. The van der Waals surface area contributed by atoms with Crippen molar-refractivity contribution in [3.63, 3.8) is 0 Å². The van der Waals surface area contributed by atoms with E-state index in [-0.39, 0.29) is 5.56 Å². The zero-order valence-electron chi connectivity index (χ0n) is 20.6. The molecule has 35 heavy (non-hydrogen) atoms. The van der Waals surface area contributed by atoms with E-state index < -0.39 is 0 Å². The molecule has 1 saturated heterocycles. The Kier molecular flexibility index (Phi) is 6.13. The summed E-state index contributed by atoms with van der Waals surface area (Å²) in [6.45, 7) is 8.18. The van der Waals surface area contributed by atoms with E-state index in [0.717, 1.165) is 53.9 Å². The van der Waals surface area contributed by atoms with Crippen molar-refractivity contribution in [2.24, 2.45) is 0 Å². The maximum absolute atomic E-state index is 13.3. The minimum Gasteiger partial charge on any atom is -0.412 e. The molecule has 0 atom stereocenters. The van der Waals surface area contributed by atoms with Gasteiger partial charge in [-0.15, -0.1) is 4.73 Å². The highest BCUT2D eigenvalue weighted by Gasteiger charge is 2.17. The van der Waals surface area contributed by atoms with Gasteiger partial charge in [0.15, 0.2) is 5.65 Å². The summed E-state index contributed by atoms with van der Waals surface area (Å²) in [6.07, 6.45) is 1.72. The SMILES string of the molecule is COn1c(=O)c(-c2c(C)cccc2C)cc2cnc(Nc3ccc(N4CCN(C)CC4)cc3)nc21. The zero-order chi connectivity index (χ0) is 24.5. The Labute approximate surface area is 204 Å². The summed E-state index contributed by atoms with van der Waals surface area (Å²) in [5.41, 5.74) is 5.78. The van der Waals surface area contributed by atoms with E-state index in [4.69, 9.17) is 4.84 Å². The molecule has 2 aromatic heterocycles. The minimum atomic E-state index is -0.251. The molecule has 1 fully saturated rings. The second-order valence-corrected chi connectivity index (χ2v) is 9.04. The van der Waals surface area contributed by atoms with Crippen LogP contribution < -0.4 is 20.6 Å². The molecule has 0 spiro atoms. The lowest BCUT2D eigenvalue weighted by atomic mass is 9.96. The lowest BCUT2D eigenvalue weighted by molar-refractivity contribution is 0.168. The molecule has 0 radical (unpaired) electrons. The van der Waals surface area contributed by atoms with Crippen molar-refractivity contribution >= 4 is 28.4 Å². The lowest BCUT2D eigenvalue weighted by Gasteiger charge is -2.34. The third kappa shape index (κ3) is 4.44. The van der Waals surface area contributed by atoms with Gasteiger partial charge in [-0.05, 0) is 67.9 Å². The molecule has 0 aliphatic carbocycles. The Morgan fingerprint density at radius 2 is 1.66 bits per heavy atom. The number of aromatic nitrogens is 3. The quantitative estimate of drug-likeness (QED) is 0.477. The molecule has 0 unspecified atom stereocenters. The van der Waals surface area contributed by atoms with Crippen molar-refractivity contribution in [1.29, 1.82) is 0 Å². The molecule has 1 N–H and O–H groups in total. The maximum atomic E-state index is 13.3. The molecular formula is C27H30N6O2. The van der Waals surface area contributed by atoms with Gasteiger partial charge in [0.25, 0.3) is 5.56 Å². The van der Waals surface area contributed by atoms with Crippen LogP contribution in [0.2, 0.25) is 0 Å². The molecule has 0 amide bonds. The number of nitrogens with zero attached hydrogens (tertiary/aromatic N) is 5. The van der Waals surface area contributed by atoms with E-state index in [1.165, 1.54) is 17.5 Å². The van der Waals surface area contributed by atoms with Crippen molar-refractivity contribution in [3.8, 4) is 11.1 Å². The molecule has 180 valence electrons. The first-order valence-electron chi connectivity index (χ1n) is 11.8. The van der Waals surface area contributed by atoms with Crippen LogP contribution in [-0.4, -0.2) is 59.9 Å². The number of aryl methyl sites for hydroxylation is 2. The average molecular weight is 471 g/mol. The van der Waals surface area contributed by atoms with Gasteiger partial charge in [-0.25, -0.2) is 4.98 Å². The molecule has 2 aromatic carbocycles. The molecule has 0 saturated carbocycles. The Bertz CT molecular complexity index is 1400. The van der Waals surface area contributed by atoms with Gasteiger partial charge in [-0.2, -0.15) is 4.98 Å². The number of benzene rings is 2. The number of hydrogen-bond acceptors (Lipinski definition) is 7. The molecule has 1 aliphatic rings. The average Bonchev–Trinajstić information content (AvgIpc) is 2.85. The van der Waals surface area contributed by atoms with Crippen LogP contribution in [-0.2, 0) is 0 Å². The Hall–Kier alpha value is -3.91. The highest BCUT2D eigenvalue weighted by Crippen LogP contribution is 2.27. The van der Waals surface area contributed by atoms with E-state index in [1.54, 1.807) is 6.20 Å². The lowest BCUT2D eigenvalue weighted by Crippen LogP contribution is -2.44. The van der Waals surface area contributed by atoms with Crippen LogP contribution in [0.5, 0.6) is 0 Å². The summed E-state index contributed by atoms with van der Waals surface area (Å²) < 4.78 is 1.24. The number of nitrogens with one attached hydrogen (secondary N) is 1. The number of rotatable bonds is 5. The predicted octanol–water partition coefficient (Wildman–Crippen LogP) is 3.63. The van der Waals surface area contributed by atoms with Crippen LogP contribution in [0.3, 0.4) is 0 Å². The van der Waals surface area contributed by atoms with Crippen LogP contribution in [0.25, 0.3) is 22.2 Å². The van der Waals surface area contributed by atoms with E-state index in [0.29, 0.717) is 17.2 Å². The van der Waals surface area contributed by atoms with E-state index in [2.05, 4.69) is 44.3 Å². The summed E-state index contributed by atoms with van der Waals surface area (Å²) in [5, 5.41) is 3.97. The highest BCUT2D eigenvalue weighted by atomic mass is 16.6. The Morgan fingerprint density at radius 3 is 2.31 bits per heavy atom. The van der Waals surface area contributed by atoms with Crippen LogP contribution in [0.4, 0.5) is 17.3 Å². The number of fused-ring (bicyclic) bond motifs is 1. The summed E-state index contributed by atoms with van der Waals surface area (Å²) in [6, 6.07) is 16.1. The van der Waals surface area contributed by atoms with Gasteiger partial charge in [0.05, 0.1) is 5.56 Å². The van der Waals surface area contributed by atoms with Gasteiger partial charge in [0.1, 0.15) is 7.11 Å². The minimum absolute atomic E-state index is 0.251. The van der Waals surface area contributed by atoms with E-state index in [9.17, 15) is 4.79 Å². The Balaban J connectivity index is 1.45. The largest absolute Gasteiger partial charge is 0.412 e. The van der Waals surface area contributed by atoms with Crippen molar-refractivity contribution in [3.05, 3.63) is 76.2 Å². The Morgan fingerprint density at radius 1 is 0.971 bits per heavy atom. The molecular weight excluding hydrogens is 440 g/mol. The molecule has 8 heteroatoms. The number of anilines is 3. The maximum Gasteiger partial charge on any atom is 0.292 e. The molecule has 5 rings (SSSR count). The van der Waals surface area contributed by atoms with Gasteiger partial charge < -0.3 is 20.0 Å². The smallest absolute Gasteiger partial charge is 0.292 e. The van der Waals surface area contributed by atoms with Crippen molar-refractivity contribution < 1.29 is 4.84 Å². The first kappa shape index (κ1) is 22.9. The van der Waals surface area contributed by atoms with Crippen molar-refractivity contribution in [2.45, 2.75) is 13.8 Å². The number of piperazine rings is 1. The molecule has 3 heterocycles. The number of hydrogen-bond donors (Lipinski definition) is 1.